The zero-order valence-electron chi connectivity index (χ0n) is 9.39. The molecule has 3 heteroatoms. The van der Waals surface area contributed by atoms with Crippen LogP contribution in [0.25, 0.3) is 0 Å². The van der Waals surface area contributed by atoms with Crippen molar-refractivity contribution in [2.24, 2.45) is 0 Å². The van der Waals surface area contributed by atoms with Gasteiger partial charge in [-0.25, -0.2) is 0 Å². The number of rotatable bonds is 0. The van der Waals surface area contributed by atoms with Crippen LogP contribution >= 0.6 is 0 Å². The molecule has 1 fully saturated rings. The van der Waals surface area contributed by atoms with Gasteiger partial charge in [-0.3, -0.25) is 4.90 Å². The van der Waals surface area contributed by atoms with E-state index in [1.165, 1.54) is 0 Å². The second kappa shape index (κ2) is 3.03. The van der Waals surface area contributed by atoms with Crippen LogP contribution in [0, 0.1) is 11.3 Å². The average Bonchev–Trinajstić information content (AvgIpc) is 2.24. The minimum atomic E-state index is 0.106. The summed E-state index contributed by atoms with van der Waals surface area (Å²) in [5, 5.41) is 9.34. The van der Waals surface area contributed by atoms with Gasteiger partial charge in [-0.2, -0.15) is 5.26 Å². The van der Waals surface area contributed by atoms with Crippen molar-refractivity contribution < 1.29 is 0 Å². The van der Waals surface area contributed by atoms with E-state index < -0.39 is 0 Å². The zero-order chi connectivity index (χ0) is 10.3. The molecular weight excluding hydrogens is 159 g/mol. The molecule has 2 atom stereocenters. The number of hydrogen-bond acceptors (Lipinski definition) is 2. The quantitative estimate of drug-likeness (QED) is 0.521. The molecule has 0 aliphatic carbocycles. The Morgan fingerprint density at radius 3 is 2.38 bits per heavy atom. The summed E-state index contributed by atoms with van der Waals surface area (Å²) >= 11 is 0. The molecule has 1 heterocycles. The molecule has 0 N–H and O–H groups in total. The number of hydrogen-bond donors (Lipinski definition) is 0. The molecule has 0 aromatic rings. The molecule has 0 aromatic carbocycles. The lowest BCUT2D eigenvalue weighted by Crippen LogP contribution is -2.44. The fourth-order valence-electron chi connectivity index (χ4n) is 2.09. The van der Waals surface area contributed by atoms with Crippen molar-refractivity contribution in [1.29, 1.82) is 5.26 Å². The van der Waals surface area contributed by atoms with E-state index in [9.17, 15) is 0 Å². The van der Waals surface area contributed by atoms with Crippen LogP contribution < -0.4 is 0 Å². The highest BCUT2D eigenvalue weighted by atomic mass is 15.2. The van der Waals surface area contributed by atoms with Crippen molar-refractivity contribution in [2.75, 3.05) is 6.54 Å². The van der Waals surface area contributed by atoms with Gasteiger partial charge in [-0.1, -0.05) is 6.92 Å². The van der Waals surface area contributed by atoms with E-state index in [-0.39, 0.29) is 11.6 Å². The number of nitriles is 1. The van der Waals surface area contributed by atoms with Crippen LogP contribution in [0.1, 0.15) is 34.1 Å². The summed E-state index contributed by atoms with van der Waals surface area (Å²) in [6.45, 7) is 9.81. The highest BCUT2D eigenvalue weighted by Gasteiger charge is 2.41. The van der Waals surface area contributed by atoms with E-state index >= 15 is 0 Å². The molecule has 1 saturated heterocycles. The van der Waals surface area contributed by atoms with Gasteiger partial charge >= 0.3 is 0 Å². The summed E-state index contributed by atoms with van der Waals surface area (Å²) in [7, 11) is 2.24. The van der Waals surface area contributed by atoms with Gasteiger partial charge in [0.15, 0.2) is 0 Å². The first-order valence-electron chi connectivity index (χ1n) is 4.93. The topological polar surface area (TPSA) is 27.0 Å². The molecule has 0 aromatic heterocycles. The minimum Gasteiger partial charge on any atom is -0.283 e. The first kappa shape index (κ1) is 10.6. The highest BCUT2D eigenvalue weighted by molar-refractivity contribution is 6.15. The predicted molar refractivity (Wildman–Crippen MR) is 57.4 cm³/mol. The van der Waals surface area contributed by atoms with Gasteiger partial charge in [-0.05, 0) is 39.1 Å². The summed E-state index contributed by atoms with van der Waals surface area (Å²) in [6.07, 6.45) is 1.00. The maximum atomic E-state index is 9.04. The first-order valence-corrected chi connectivity index (χ1v) is 4.93. The van der Waals surface area contributed by atoms with Crippen molar-refractivity contribution >= 4 is 7.85 Å². The Bertz CT molecular complexity index is 234. The molecule has 0 amide bonds. The Morgan fingerprint density at radius 2 is 2.08 bits per heavy atom. The molecule has 13 heavy (non-hydrogen) atoms. The maximum Gasteiger partial charge on any atom is 0.110 e. The monoisotopic (exact) mass is 178 g/mol. The van der Waals surface area contributed by atoms with E-state index in [0.717, 1.165) is 13.0 Å². The van der Waals surface area contributed by atoms with Crippen molar-refractivity contribution in [3.63, 3.8) is 0 Å². The molecule has 2 unspecified atom stereocenters. The van der Waals surface area contributed by atoms with Crippen LogP contribution in [0.4, 0.5) is 0 Å². The van der Waals surface area contributed by atoms with Gasteiger partial charge in [0.25, 0.3) is 0 Å². The van der Waals surface area contributed by atoms with Crippen LogP contribution in [0.3, 0.4) is 0 Å². The first-order chi connectivity index (χ1) is 5.76. The van der Waals surface area contributed by atoms with Crippen LogP contribution in [0.15, 0.2) is 0 Å². The van der Waals surface area contributed by atoms with Crippen LogP contribution in [0.5, 0.6) is 0 Å². The predicted octanol–water partition coefficient (Wildman–Crippen LogP) is 1.19. The molecule has 1 aliphatic rings. The third-order valence-corrected chi connectivity index (χ3v) is 2.73. The maximum absolute atomic E-state index is 9.04. The molecule has 2 nitrogen and oxygen atoms in total. The van der Waals surface area contributed by atoms with E-state index in [2.05, 4.69) is 46.5 Å². The van der Waals surface area contributed by atoms with Crippen molar-refractivity contribution in [1.82, 2.24) is 4.90 Å². The molecule has 0 saturated carbocycles. The molecular formula is C10H19BN2. The molecule has 72 valence electrons. The summed E-state index contributed by atoms with van der Waals surface area (Å²) in [4.78, 5) is 2.31. The molecule has 0 bridgehead atoms. The third kappa shape index (κ3) is 2.25. The minimum absolute atomic E-state index is 0.106. The number of nitrogens with zero attached hydrogens (tertiary/aromatic N) is 2. The Morgan fingerprint density at radius 1 is 1.54 bits per heavy atom. The van der Waals surface area contributed by atoms with E-state index in [0.29, 0.717) is 5.31 Å². The molecule has 1 aliphatic heterocycles. The Kier molecular flexibility index (Phi) is 2.47. The normalized spacial score (nSPS) is 36.1. The SMILES string of the molecule is BC1(C)CC(C#N)N(C(C)(C)C)C1. The smallest absolute Gasteiger partial charge is 0.110 e. The lowest BCUT2D eigenvalue weighted by Gasteiger charge is -2.34. The Labute approximate surface area is 82.3 Å². The van der Waals surface area contributed by atoms with Gasteiger partial charge in [0.1, 0.15) is 7.85 Å². The molecule has 0 radical (unpaired) electrons. The van der Waals surface area contributed by atoms with Crippen LogP contribution in [-0.2, 0) is 0 Å². The van der Waals surface area contributed by atoms with Crippen LogP contribution in [-0.4, -0.2) is 30.9 Å². The zero-order valence-corrected chi connectivity index (χ0v) is 9.39. The van der Waals surface area contributed by atoms with Crippen LogP contribution in [0.2, 0.25) is 5.31 Å². The standard InChI is InChI=1S/C10H19BN2/c1-9(2,3)13-7-10(4,11)5-8(13)6-12/h8H,5,7,11H2,1-4H3. The molecule has 0 spiro atoms. The summed E-state index contributed by atoms with van der Waals surface area (Å²) in [5.74, 6) is 0. The van der Waals surface area contributed by atoms with Crippen molar-refractivity contribution in [3.8, 4) is 6.07 Å². The van der Waals surface area contributed by atoms with Crippen molar-refractivity contribution in [3.05, 3.63) is 0 Å². The highest BCUT2D eigenvalue weighted by Crippen LogP contribution is 2.40. The Hall–Kier alpha value is -0.485. The van der Waals surface area contributed by atoms with E-state index in [1.54, 1.807) is 0 Å². The second-order valence-corrected chi connectivity index (χ2v) is 5.81. The van der Waals surface area contributed by atoms with Gasteiger partial charge in [-0.15, -0.1) is 0 Å². The van der Waals surface area contributed by atoms with Gasteiger partial charge in [0.05, 0.1) is 12.1 Å². The van der Waals surface area contributed by atoms with Gasteiger partial charge in [0, 0.05) is 5.54 Å². The summed E-state index contributed by atoms with van der Waals surface area (Å²) < 4.78 is 0. The largest absolute Gasteiger partial charge is 0.283 e. The van der Waals surface area contributed by atoms with Crippen molar-refractivity contribution in [2.45, 2.75) is 51.0 Å². The summed E-state index contributed by atoms with van der Waals surface area (Å²) in [5.41, 5.74) is 0.119. The fraction of sp³-hybridized carbons (Fsp3) is 0.900. The summed E-state index contributed by atoms with van der Waals surface area (Å²) in [6, 6.07) is 2.51. The third-order valence-electron chi connectivity index (χ3n) is 2.73. The lowest BCUT2D eigenvalue weighted by atomic mass is 9.69. The lowest BCUT2D eigenvalue weighted by molar-refractivity contribution is 0.144. The number of likely N-dealkylation sites (tertiary alicyclic amines) is 1. The van der Waals surface area contributed by atoms with Gasteiger partial charge < -0.3 is 0 Å². The van der Waals surface area contributed by atoms with E-state index in [1.807, 2.05) is 0 Å². The van der Waals surface area contributed by atoms with E-state index in [4.69, 9.17) is 5.26 Å². The Balaban J connectivity index is 2.83. The fourth-order valence-corrected chi connectivity index (χ4v) is 2.09. The molecule has 1 rings (SSSR count). The van der Waals surface area contributed by atoms with Gasteiger partial charge in [0.2, 0.25) is 0 Å². The average molecular weight is 178 g/mol. The second-order valence-electron chi connectivity index (χ2n) is 5.81.